The van der Waals surface area contributed by atoms with Crippen LogP contribution in [0.4, 0.5) is 5.69 Å². The molecule has 4 aromatic rings. The number of aliphatic imine (C=N–C) groups is 1. The van der Waals surface area contributed by atoms with Crippen LogP contribution in [0.15, 0.2) is 82.3 Å². The zero-order valence-electron chi connectivity index (χ0n) is 16.0. The third kappa shape index (κ3) is 3.97. The summed E-state index contributed by atoms with van der Waals surface area (Å²) in [6.45, 7) is 0. The van der Waals surface area contributed by atoms with Gasteiger partial charge in [0.25, 0.3) is 0 Å². The summed E-state index contributed by atoms with van der Waals surface area (Å²) in [6.07, 6.45) is 1.53. The molecule has 13 heteroatoms. The number of benzene rings is 2. The van der Waals surface area contributed by atoms with Gasteiger partial charge in [0.15, 0.2) is 0 Å². The minimum absolute atomic E-state index is 0.243. The van der Waals surface area contributed by atoms with Crippen molar-refractivity contribution in [1.82, 2.24) is 29.1 Å². The monoisotopic (exact) mass is 435 g/mol. The number of hydrogen-bond donors (Lipinski definition) is 4. The Morgan fingerprint density at radius 1 is 0.562 bits per heavy atom. The maximum atomic E-state index is 11.8. The van der Waals surface area contributed by atoms with E-state index in [1.807, 2.05) is 19.9 Å². The Hall–Kier alpha value is -5.07. The number of rotatable bonds is 4. The van der Waals surface area contributed by atoms with Crippen LogP contribution in [0.25, 0.3) is 11.4 Å². The number of nitrogens with one attached hydrogen (secondary N) is 4. The molecule has 2 aromatic carbocycles. The summed E-state index contributed by atoms with van der Waals surface area (Å²) < 4.78 is 1.55. The summed E-state index contributed by atoms with van der Waals surface area (Å²) in [4.78, 5) is 81.8. The van der Waals surface area contributed by atoms with E-state index in [0.29, 0.717) is 11.3 Å². The summed E-state index contributed by atoms with van der Waals surface area (Å²) in [7, 11) is 0. The highest BCUT2D eigenvalue weighted by Crippen LogP contribution is 2.14. The van der Waals surface area contributed by atoms with Crippen molar-refractivity contribution in [3.63, 3.8) is 0 Å². The standard InChI is InChI=1S/C19H13N7O6/c27-14-21-16(29)25(17(30)22-14)12-5-1-10(2-6-12)9-20-11-3-7-13(8-4-11)26-18(31)23-15(28)24-19(26)32/h1-9H,(H2,21,22,27,29,30)(H2,23,24,28,31,32). The van der Waals surface area contributed by atoms with Gasteiger partial charge in [-0.1, -0.05) is 12.1 Å². The third-order valence-electron chi connectivity index (χ3n) is 4.32. The molecule has 2 heterocycles. The van der Waals surface area contributed by atoms with E-state index >= 15 is 0 Å². The highest BCUT2D eigenvalue weighted by molar-refractivity contribution is 5.82. The number of nitrogens with zero attached hydrogens (tertiary/aromatic N) is 3. The van der Waals surface area contributed by atoms with Crippen LogP contribution in [-0.2, 0) is 0 Å². The second-order valence-electron chi connectivity index (χ2n) is 6.42. The Labute approximate surface area is 175 Å². The van der Waals surface area contributed by atoms with Crippen molar-refractivity contribution in [2.75, 3.05) is 0 Å². The predicted octanol–water partition coefficient (Wildman–Crippen LogP) is -1.51. The van der Waals surface area contributed by atoms with Gasteiger partial charge >= 0.3 is 34.1 Å². The summed E-state index contributed by atoms with van der Waals surface area (Å²) in [5.74, 6) is 0. The molecule has 0 saturated heterocycles. The molecule has 4 rings (SSSR count). The topological polar surface area (TPSA) is 188 Å². The Kier molecular flexibility index (Phi) is 5.04. The molecule has 13 nitrogen and oxygen atoms in total. The van der Waals surface area contributed by atoms with Gasteiger partial charge in [0, 0.05) is 6.21 Å². The van der Waals surface area contributed by atoms with Gasteiger partial charge in [0.2, 0.25) is 0 Å². The largest absolute Gasteiger partial charge is 0.338 e. The third-order valence-corrected chi connectivity index (χ3v) is 4.32. The van der Waals surface area contributed by atoms with Crippen molar-refractivity contribution in [2.24, 2.45) is 4.99 Å². The predicted molar refractivity (Wildman–Crippen MR) is 114 cm³/mol. The van der Waals surface area contributed by atoms with E-state index in [-0.39, 0.29) is 11.4 Å². The molecule has 0 atom stereocenters. The molecule has 0 saturated carbocycles. The molecule has 0 aliphatic rings. The average molecular weight is 435 g/mol. The smallest absolute Gasteiger partial charge is 0.258 e. The summed E-state index contributed by atoms with van der Waals surface area (Å²) in [6, 6.07) is 12.3. The zero-order valence-corrected chi connectivity index (χ0v) is 16.0. The molecular weight excluding hydrogens is 422 g/mol. The van der Waals surface area contributed by atoms with Gasteiger partial charge in [0.05, 0.1) is 17.1 Å². The molecular formula is C19H13N7O6. The lowest BCUT2D eigenvalue weighted by molar-refractivity contribution is 0.784. The molecule has 2 aromatic heterocycles. The lowest BCUT2D eigenvalue weighted by Crippen LogP contribution is -2.42. The minimum Gasteiger partial charge on any atom is -0.258 e. The van der Waals surface area contributed by atoms with Crippen molar-refractivity contribution in [3.05, 3.63) is 117 Å². The van der Waals surface area contributed by atoms with Gasteiger partial charge in [-0.25, -0.2) is 37.9 Å². The molecule has 32 heavy (non-hydrogen) atoms. The van der Waals surface area contributed by atoms with Gasteiger partial charge in [-0.05, 0) is 42.0 Å². The highest BCUT2D eigenvalue weighted by atomic mass is 16.2. The second-order valence-corrected chi connectivity index (χ2v) is 6.42. The Morgan fingerprint density at radius 3 is 1.34 bits per heavy atom. The van der Waals surface area contributed by atoms with Gasteiger partial charge in [-0.2, -0.15) is 0 Å². The van der Waals surface area contributed by atoms with Gasteiger partial charge in [0.1, 0.15) is 0 Å². The summed E-state index contributed by atoms with van der Waals surface area (Å²) >= 11 is 0. The molecule has 0 spiro atoms. The van der Waals surface area contributed by atoms with Crippen LogP contribution in [0, 0.1) is 0 Å². The molecule has 4 N–H and O–H groups in total. The Bertz CT molecular complexity index is 1480. The molecule has 0 amide bonds. The van der Waals surface area contributed by atoms with E-state index in [0.717, 1.165) is 9.13 Å². The quantitative estimate of drug-likeness (QED) is 0.282. The number of aromatic nitrogens is 6. The average Bonchev–Trinajstić information content (AvgIpc) is 2.73. The van der Waals surface area contributed by atoms with Crippen LogP contribution >= 0.6 is 0 Å². The van der Waals surface area contributed by atoms with Crippen LogP contribution in [0.1, 0.15) is 5.56 Å². The molecule has 0 fully saturated rings. The van der Waals surface area contributed by atoms with Gasteiger partial charge < -0.3 is 0 Å². The Morgan fingerprint density at radius 2 is 0.938 bits per heavy atom. The minimum atomic E-state index is -0.890. The van der Waals surface area contributed by atoms with E-state index in [1.54, 1.807) is 24.3 Å². The van der Waals surface area contributed by atoms with Gasteiger partial charge in [-0.3, -0.25) is 24.9 Å². The van der Waals surface area contributed by atoms with Crippen molar-refractivity contribution in [3.8, 4) is 11.4 Å². The van der Waals surface area contributed by atoms with Crippen molar-refractivity contribution in [2.45, 2.75) is 0 Å². The lowest BCUT2D eigenvalue weighted by atomic mass is 10.2. The lowest BCUT2D eigenvalue weighted by Gasteiger charge is -2.04. The van der Waals surface area contributed by atoms with E-state index in [1.165, 1.54) is 30.5 Å². The molecule has 0 radical (unpaired) electrons. The van der Waals surface area contributed by atoms with Crippen LogP contribution in [0.5, 0.6) is 0 Å². The maximum absolute atomic E-state index is 11.8. The fourth-order valence-electron chi connectivity index (χ4n) is 2.87. The van der Waals surface area contributed by atoms with Crippen LogP contribution < -0.4 is 34.1 Å². The van der Waals surface area contributed by atoms with E-state index < -0.39 is 34.1 Å². The first-order chi connectivity index (χ1) is 15.3. The molecule has 0 aliphatic carbocycles. The normalized spacial score (nSPS) is 11.1. The van der Waals surface area contributed by atoms with Crippen LogP contribution in [0.2, 0.25) is 0 Å². The van der Waals surface area contributed by atoms with Crippen LogP contribution in [0.3, 0.4) is 0 Å². The first-order valence-electron chi connectivity index (χ1n) is 8.98. The molecule has 0 aliphatic heterocycles. The van der Waals surface area contributed by atoms with Crippen LogP contribution in [-0.4, -0.2) is 35.3 Å². The molecule has 0 bridgehead atoms. The Balaban J connectivity index is 1.57. The number of H-pyrrole nitrogens is 4. The molecule has 160 valence electrons. The fraction of sp³-hybridized carbons (Fsp3) is 0. The van der Waals surface area contributed by atoms with E-state index in [4.69, 9.17) is 0 Å². The SMILES string of the molecule is O=c1[nH]c(=O)n(-c2ccc(C=Nc3ccc(-n4c(=O)[nH]c(=O)[nH]c4=O)cc3)cc2)c(=O)[nH]1. The molecule has 0 unspecified atom stereocenters. The van der Waals surface area contributed by atoms with Crippen molar-refractivity contribution >= 4 is 11.9 Å². The van der Waals surface area contributed by atoms with Crippen molar-refractivity contribution < 1.29 is 0 Å². The number of aromatic amines is 4. The number of hydrogen-bond acceptors (Lipinski definition) is 7. The first kappa shape index (κ1) is 20.2. The second kappa shape index (κ2) is 7.98. The van der Waals surface area contributed by atoms with Gasteiger partial charge in [-0.15, -0.1) is 0 Å². The highest BCUT2D eigenvalue weighted by Gasteiger charge is 2.06. The van der Waals surface area contributed by atoms with E-state index in [2.05, 4.69) is 4.99 Å². The summed E-state index contributed by atoms with van der Waals surface area (Å²) in [5.41, 5.74) is -3.56. The van der Waals surface area contributed by atoms with Crippen molar-refractivity contribution in [1.29, 1.82) is 0 Å². The summed E-state index contributed by atoms with van der Waals surface area (Å²) in [5, 5.41) is 0. The maximum Gasteiger partial charge on any atom is 0.338 e. The first-order valence-corrected chi connectivity index (χ1v) is 8.98. The zero-order chi connectivity index (χ0) is 22.8. The van der Waals surface area contributed by atoms with E-state index in [9.17, 15) is 28.8 Å². The fourth-order valence-corrected chi connectivity index (χ4v) is 2.87.